The van der Waals surface area contributed by atoms with Crippen LogP contribution < -0.4 is 10.9 Å². The third kappa shape index (κ3) is 5.35. The molecular weight excluding hydrogens is 449 g/mol. The monoisotopic (exact) mass is 464 g/mol. The first-order valence-electron chi connectivity index (χ1n) is 8.62. The lowest BCUT2D eigenvalue weighted by molar-refractivity contribution is -0.137. The van der Waals surface area contributed by atoms with E-state index in [0.717, 1.165) is 22.2 Å². The SMILES string of the molecule is O=C(NCc1cccc(Br)c1)c1cccn(Cc2ccc(C(F)(F)F)cc2)c1=O. The lowest BCUT2D eigenvalue weighted by Crippen LogP contribution is -2.32. The highest BCUT2D eigenvalue weighted by Crippen LogP contribution is 2.29. The van der Waals surface area contributed by atoms with E-state index in [9.17, 15) is 22.8 Å². The predicted molar refractivity (Wildman–Crippen MR) is 107 cm³/mol. The maximum atomic E-state index is 12.7. The summed E-state index contributed by atoms with van der Waals surface area (Å²) < 4.78 is 40.2. The number of benzene rings is 2. The zero-order valence-electron chi connectivity index (χ0n) is 15.0. The highest BCUT2D eigenvalue weighted by atomic mass is 79.9. The molecule has 0 saturated heterocycles. The van der Waals surface area contributed by atoms with Gasteiger partial charge in [-0.3, -0.25) is 9.59 Å². The van der Waals surface area contributed by atoms with E-state index < -0.39 is 23.2 Å². The number of halogens is 4. The lowest BCUT2D eigenvalue weighted by Gasteiger charge is -2.11. The van der Waals surface area contributed by atoms with Gasteiger partial charge in [0.15, 0.2) is 0 Å². The summed E-state index contributed by atoms with van der Waals surface area (Å²) in [5, 5.41) is 2.70. The number of hydrogen-bond acceptors (Lipinski definition) is 2. The molecule has 0 aliphatic heterocycles. The average Bonchev–Trinajstić information content (AvgIpc) is 2.67. The van der Waals surface area contributed by atoms with Crippen LogP contribution >= 0.6 is 15.9 Å². The van der Waals surface area contributed by atoms with Gasteiger partial charge in [-0.2, -0.15) is 13.2 Å². The highest BCUT2D eigenvalue weighted by Gasteiger charge is 2.29. The van der Waals surface area contributed by atoms with Gasteiger partial charge in [-0.1, -0.05) is 40.2 Å². The summed E-state index contributed by atoms with van der Waals surface area (Å²) in [6, 6.07) is 14.9. The first-order valence-corrected chi connectivity index (χ1v) is 9.41. The van der Waals surface area contributed by atoms with E-state index in [-0.39, 0.29) is 18.7 Å². The number of rotatable bonds is 5. The van der Waals surface area contributed by atoms with Gasteiger partial charge in [0.2, 0.25) is 0 Å². The minimum Gasteiger partial charge on any atom is -0.348 e. The second kappa shape index (κ2) is 8.65. The molecule has 0 aliphatic rings. The molecule has 0 aliphatic carbocycles. The van der Waals surface area contributed by atoms with Gasteiger partial charge < -0.3 is 9.88 Å². The standard InChI is InChI=1S/C21H16BrF3N2O2/c22-17-4-1-3-15(11-17)12-26-19(28)18-5-2-10-27(20(18)29)13-14-6-8-16(9-7-14)21(23,24)25/h1-11H,12-13H2,(H,26,28). The van der Waals surface area contributed by atoms with Crippen LogP contribution in [0.4, 0.5) is 13.2 Å². The summed E-state index contributed by atoms with van der Waals surface area (Å²) in [4.78, 5) is 25.0. The van der Waals surface area contributed by atoms with Crippen molar-refractivity contribution < 1.29 is 18.0 Å². The molecule has 1 aromatic heterocycles. The van der Waals surface area contributed by atoms with Gasteiger partial charge in [0.1, 0.15) is 5.56 Å². The zero-order valence-corrected chi connectivity index (χ0v) is 16.6. The van der Waals surface area contributed by atoms with E-state index in [1.54, 1.807) is 6.07 Å². The molecule has 0 unspecified atom stereocenters. The molecule has 0 bridgehead atoms. The molecule has 1 N–H and O–H groups in total. The number of alkyl halides is 3. The predicted octanol–water partition coefficient (Wildman–Crippen LogP) is 4.61. The summed E-state index contributed by atoms with van der Waals surface area (Å²) in [6.45, 7) is 0.315. The van der Waals surface area contributed by atoms with Gasteiger partial charge in [-0.25, -0.2) is 0 Å². The Bertz CT molecular complexity index is 1080. The van der Waals surface area contributed by atoms with Crippen LogP contribution in [0.2, 0.25) is 0 Å². The number of nitrogens with zero attached hydrogens (tertiary/aromatic N) is 1. The molecule has 1 amide bonds. The fourth-order valence-corrected chi connectivity index (χ4v) is 3.20. The van der Waals surface area contributed by atoms with Crippen LogP contribution in [0.15, 0.2) is 76.1 Å². The summed E-state index contributed by atoms with van der Waals surface area (Å²) in [7, 11) is 0. The van der Waals surface area contributed by atoms with Crippen molar-refractivity contribution in [3.63, 3.8) is 0 Å². The lowest BCUT2D eigenvalue weighted by atomic mass is 10.1. The van der Waals surface area contributed by atoms with Gasteiger partial charge in [-0.15, -0.1) is 0 Å². The minimum atomic E-state index is -4.41. The van der Waals surface area contributed by atoms with Crippen LogP contribution in [0.5, 0.6) is 0 Å². The molecule has 0 saturated carbocycles. The number of aromatic nitrogens is 1. The van der Waals surface area contributed by atoms with Gasteiger partial charge >= 0.3 is 6.18 Å². The Morgan fingerprint density at radius 2 is 1.72 bits per heavy atom. The van der Waals surface area contributed by atoms with Gasteiger partial charge in [0.25, 0.3) is 11.5 Å². The third-order valence-electron chi connectivity index (χ3n) is 4.24. The van der Waals surface area contributed by atoms with Gasteiger partial charge in [-0.05, 0) is 47.5 Å². The van der Waals surface area contributed by atoms with Crippen LogP contribution in [-0.2, 0) is 19.3 Å². The van der Waals surface area contributed by atoms with Crippen molar-refractivity contribution >= 4 is 21.8 Å². The van der Waals surface area contributed by atoms with Crippen LogP contribution in [0.1, 0.15) is 27.0 Å². The van der Waals surface area contributed by atoms with Crippen molar-refractivity contribution in [2.75, 3.05) is 0 Å². The second-order valence-corrected chi connectivity index (χ2v) is 7.28. The van der Waals surface area contributed by atoms with Crippen molar-refractivity contribution in [1.29, 1.82) is 0 Å². The van der Waals surface area contributed by atoms with Crippen molar-refractivity contribution in [2.45, 2.75) is 19.3 Å². The molecule has 0 spiro atoms. The number of hydrogen-bond donors (Lipinski definition) is 1. The summed E-state index contributed by atoms with van der Waals surface area (Å²) >= 11 is 3.35. The number of pyridine rings is 1. The average molecular weight is 465 g/mol. The Morgan fingerprint density at radius 1 is 1.00 bits per heavy atom. The van der Waals surface area contributed by atoms with Crippen LogP contribution in [0.3, 0.4) is 0 Å². The molecule has 0 fully saturated rings. The molecule has 2 aromatic carbocycles. The van der Waals surface area contributed by atoms with Crippen molar-refractivity contribution in [2.24, 2.45) is 0 Å². The minimum absolute atomic E-state index is 0.0330. The quantitative estimate of drug-likeness (QED) is 0.599. The summed E-state index contributed by atoms with van der Waals surface area (Å²) in [5.41, 5.74) is 0.0864. The molecule has 0 atom stereocenters. The Morgan fingerprint density at radius 3 is 2.38 bits per heavy atom. The Labute approximate surface area is 173 Å². The zero-order chi connectivity index (χ0) is 21.0. The molecule has 29 heavy (non-hydrogen) atoms. The Balaban J connectivity index is 1.73. The van der Waals surface area contributed by atoms with E-state index in [1.807, 2.05) is 24.3 Å². The highest BCUT2D eigenvalue weighted by molar-refractivity contribution is 9.10. The second-order valence-electron chi connectivity index (χ2n) is 6.36. The molecule has 3 rings (SSSR count). The van der Waals surface area contributed by atoms with E-state index in [4.69, 9.17) is 0 Å². The maximum absolute atomic E-state index is 12.7. The van der Waals surface area contributed by atoms with Crippen molar-refractivity contribution in [3.8, 4) is 0 Å². The van der Waals surface area contributed by atoms with E-state index in [2.05, 4.69) is 21.2 Å². The number of nitrogens with one attached hydrogen (secondary N) is 1. The van der Waals surface area contributed by atoms with Gasteiger partial charge in [0, 0.05) is 17.2 Å². The number of carbonyl (C=O) groups excluding carboxylic acids is 1. The number of carbonyl (C=O) groups is 1. The summed E-state index contributed by atoms with van der Waals surface area (Å²) in [5.74, 6) is -0.517. The first-order chi connectivity index (χ1) is 13.7. The van der Waals surface area contributed by atoms with Crippen molar-refractivity contribution in [1.82, 2.24) is 9.88 Å². The molecule has 1 heterocycles. The largest absolute Gasteiger partial charge is 0.416 e. The third-order valence-corrected chi connectivity index (χ3v) is 4.73. The Kier molecular flexibility index (Phi) is 6.22. The normalized spacial score (nSPS) is 11.3. The molecule has 150 valence electrons. The molecule has 3 aromatic rings. The first kappa shape index (κ1) is 20.9. The fourth-order valence-electron chi connectivity index (χ4n) is 2.75. The molecule has 0 radical (unpaired) electrons. The Hall–Kier alpha value is -2.87. The van der Waals surface area contributed by atoms with Crippen LogP contribution in [0.25, 0.3) is 0 Å². The van der Waals surface area contributed by atoms with E-state index in [1.165, 1.54) is 29.0 Å². The fraction of sp³-hybridized carbons (Fsp3) is 0.143. The van der Waals surface area contributed by atoms with E-state index >= 15 is 0 Å². The smallest absolute Gasteiger partial charge is 0.348 e. The van der Waals surface area contributed by atoms with Gasteiger partial charge in [0.05, 0.1) is 12.1 Å². The molecule has 4 nitrogen and oxygen atoms in total. The number of amides is 1. The van der Waals surface area contributed by atoms with Crippen molar-refractivity contribution in [3.05, 3.63) is 104 Å². The molecule has 8 heteroatoms. The molecular formula is C21H16BrF3N2O2. The maximum Gasteiger partial charge on any atom is 0.416 e. The van der Waals surface area contributed by atoms with E-state index in [0.29, 0.717) is 5.56 Å². The summed E-state index contributed by atoms with van der Waals surface area (Å²) in [6.07, 6.45) is -2.92. The van der Waals surface area contributed by atoms with Crippen LogP contribution in [-0.4, -0.2) is 10.5 Å². The topological polar surface area (TPSA) is 51.1 Å². The van der Waals surface area contributed by atoms with Crippen LogP contribution in [0, 0.1) is 0 Å².